The Morgan fingerprint density at radius 2 is 2.11 bits per heavy atom. The summed E-state index contributed by atoms with van der Waals surface area (Å²) in [6, 6.07) is 0.588. The summed E-state index contributed by atoms with van der Waals surface area (Å²) in [5, 5.41) is 0. The molecular weight excluding hydrogens is 240 g/mol. The van der Waals surface area contributed by atoms with E-state index in [0.717, 1.165) is 24.3 Å². The minimum Gasteiger partial charge on any atom is -0.481 e. The molecule has 0 aromatic carbocycles. The predicted molar refractivity (Wildman–Crippen MR) is 76.6 cm³/mol. The van der Waals surface area contributed by atoms with Crippen LogP contribution in [-0.4, -0.2) is 36.2 Å². The van der Waals surface area contributed by atoms with Gasteiger partial charge in [0.25, 0.3) is 0 Å². The molecule has 1 fully saturated rings. The Balaban J connectivity index is 2.25. The molecule has 2 rings (SSSR count). The molecule has 2 N–H and O–H groups in total. The fraction of sp³-hybridized carbons (Fsp3) is 0.714. The summed E-state index contributed by atoms with van der Waals surface area (Å²) in [6.07, 6.45) is 7.69. The molecule has 1 heterocycles. The van der Waals surface area contributed by atoms with Gasteiger partial charge in [0.15, 0.2) is 0 Å². The van der Waals surface area contributed by atoms with E-state index in [1.165, 1.54) is 25.7 Å². The summed E-state index contributed by atoms with van der Waals surface area (Å²) in [4.78, 5) is 11.0. The van der Waals surface area contributed by atoms with Gasteiger partial charge in [-0.15, -0.1) is 0 Å². The summed E-state index contributed by atoms with van der Waals surface area (Å²) in [7, 11) is 1.65. The number of methoxy groups -OCH3 is 1. The molecule has 0 atom stereocenters. The van der Waals surface area contributed by atoms with Crippen molar-refractivity contribution in [1.29, 1.82) is 0 Å². The van der Waals surface area contributed by atoms with Gasteiger partial charge in [0, 0.05) is 12.6 Å². The average molecular weight is 264 g/mol. The van der Waals surface area contributed by atoms with Gasteiger partial charge in [-0.2, -0.15) is 0 Å². The number of ether oxygens (including phenoxy) is 1. The smallest absolute Gasteiger partial charge is 0.221 e. The SMILES string of the molecule is COc1ncnc(N(CCCN)C2CCCC2)c1C. The van der Waals surface area contributed by atoms with Crippen LogP contribution >= 0.6 is 0 Å². The fourth-order valence-corrected chi connectivity index (χ4v) is 2.86. The molecule has 0 bridgehead atoms. The first kappa shape index (κ1) is 14.1. The standard InChI is InChI=1S/C14H24N4O/c1-11-13(16-10-17-14(11)19-2)18(9-5-8-15)12-6-3-4-7-12/h10,12H,3-9,15H2,1-2H3. The summed E-state index contributed by atoms with van der Waals surface area (Å²) in [5.41, 5.74) is 6.69. The van der Waals surface area contributed by atoms with Crippen LogP contribution in [0.25, 0.3) is 0 Å². The highest BCUT2D eigenvalue weighted by atomic mass is 16.5. The van der Waals surface area contributed by atoms with Gasteiger partial charge >= 0.3 is 0 Å². The number of nitrogens with two attached hydrogens (primary N) is 1. The maximum Gasteiger partial charge on any atom is 0.221 e. The molecule has 106 valence electrons. The van der Waals surface area contributed by atoms with E-state index < -0.39 is 0 Å². The van der Waals surface area contributed by atoms with Crippen LogP contribution in [0.4, 0.5) is 5.82 Å². The molecule has 5 nitrogen and oxygen atoms in total. The van der Waals surface area contributed by atoms with Crippen LogP contribution in [0.3, 0.4) is 0 Å². The first-order chi connectivity index (χ1) is 9.27. The highest BCUT2D eigenvalue weighted by Gasteiger charge is 2.25. The number of aromatic nitrogens is 2. The maximum atomic E-state index is 5.66. The lowest BCUT2D eigenvalue weighted by molar-refractivity contribution is 0.393. The second-order valence-corrected chi connectivity index (χ2v) is 5.11. The Morgan fingerprint density at radius 1 is 1.37 bits per heavy atom. The fourth-order valence-electron chi connectivity index (χ4n) is 2.86. The summed E-state index contributed by atoms with van der Waals surface area (Å²) in [5.74, 6) is 1.67. The van der Waals surface area contributed by atoms with E-state index >= 15 is 0 Å². The van der Waals surface area contributed by atoms with Gasteiger partial charge in [-0.25, -0.2) is 9.97 Å². The zero-order valence-corrected chi connectivity index (χ0v) is 11.9. The van der Waals surface area contributed by atoms with E-state index in [4.69, 9.17) is 10.5 Å². The summed E-state index contributed by atoms with van der Waals surface area (Å²) < 4.78 is 5.30. The Bertz CT molecular complexity index is 404. The van der Waals surface area contributed by atoms with E-state index in [1.54, 1.807) is 13.4 Å². The topological polar surface area (TPSA) is 64.3 Å². The first-order valence-corrected chi connectivity index (χ1v) is 7.10. The molecule has 0 aliphatic heterocycles. The lowest BCUT2D eigenvalue weighted by Gasteiger charge is -2.31. The lowest BCUT2D eigenvalue weighted by Crippen LogP contribution is -2.36. The largest absolute Gasteiger partial charge is 0.481 e. The van der Waals surface area contributed by atoms with Crippen molar-refractivity contribution in [2.45, 2.75) is 45.1 Å². The second kappa shape index (κ2) is 6.70. The zero-order valence-electron chi connectivity index (χ0n) is 11.9. The van der Waals surface area contributed by atoms with Crippen LogP contribution in [0.2, 0.25) is 0 Å². The number of anilines is 1. The molecule has 1 aliphatic rings. The molecule has 0 amide bonds. The van der Waals surface area contributed by atoms with Crippen molar-refractivity contribution in [2.75, 3.05) is 25.1 Å². The van der Waals surface area contributed by atoms with E-state index in [2.05, 4.69) is 14.9 Å². The molecule has 5 heteroatoms. The van der Waals surface area contributed by atoms with Gasteiger partial charge in [-0.1, -0.05) is 12.8 Å². The van der Waals surface area contributed by atoms with Gasteiger partial charge in [-0.3, -0.25) is 0 Å². The Kier molecular flexibility index (Phi) is 4.96. The molecular formula is C14H24N4O. The van der Waals surface area contributed by atoms with E-state index in [0.29, 0.717) is 18.5 Å². The second-order valence-electron chi connectivity index (χ2n) is 5.11. The third-order valence-corrected chi connectivity index (χ3v) is 3.85. The average Bonchev–Trinajstić information content (AvgIpc) is 2.95. The minimum atomic E-state index is 0.588. The Morgan fingerprint density at radius 3 is 2.74 bits per heavy atom. The van der Waals surface area contributed by atoms with Crippen LogP contribution < -0.4 is 15.4 Å². The zero-order chi connectivity index (χ0) is 13.7. The van der Waals surface area contributed by atoms with Crippen molar-refractivity contribution in [3.05, 3.63) is 11.9 Å². The highest BCUT2D eigenvalue weighted by molar-refractivity contribution is 5.51. The van der Waals surface area contributed by atoms with Crippen LogP contribution in [0, 0.1) is 6.92 Å². The molecule has 0 unspecified atom stereocenters. The first-order valence-electron chi connectivity index (χ1n) is 7.10. The normalized spacial score (nSPS) is 15.7. The molecule has 1 aliphatic carbocycles. The van der Waals surface area contributed by atoms with Gasteiger partial charge in [0.2, 0.25) is 5.88 Å². The van der Waals surface area contributed by atoms with Crippen LogP contribution in [0.15, 0.2) is 6.33 Å². The number of hydrogen-bond donors (Lipinski definition) is 1. The number of rotatable bonds is 6. The lowest BCUT2D eigenvalue weighted by atomic mass is 10.1. The third-order valence-electron chi connectivity index (χ3n) is 3.85. The van der Waals surface area contributed by atoms with Crippen molar-refractivity contribution in [1.82, 2.24) is 9.97 Å². The van der Waals surface area contributed by atoms with Gasteiger partial charge in [-0.05, 0) is 32.7 Å². The van der Waals surface area contributed by atoms with Crippen molar-refractivity contribution in [3.8, 4) is 5.88 Å². The number of hydrogen-bond acceptors (Lipinski definition) is 5. The van der Waals surface area contributed by atoms with Crippen LogP contribution in [-0.2, 0) is 0 Å². The van der Waals surface area contributed by atoms with Gasteiger partial charge in [0.05, 0.1) is 12.7 Å². The Labute approximate surface area is 115 Å². The Hall–Kier alpha value is -1.36. The van der Waals surface area contributed by atoms with Crippen molar-refractivity contribution < 1.29 is 4.74 Å². The minimum absolute atomic E-state index is 0.588. The maximum absolute atomic E-state index is 5.66. The van der Waals surface area contributed by atoms with Crippen molar-refractivity contribution in [2.24, 2.45) is 5.73 Å². The van der Waals surface area contributed by atoms with E-state index in [-0.39, 0.29) is 0 Å². The van der Waals surface area contributed by atoms with Gasteiger partial charge in [0.1, 0.15) is 12.1 Å². The number of nitrogens with zero attached hydrogens (tertiary/aromatic N) is 3. The molecule has 0 saturated heterocycles. The van der Waals surface area contributed by atoms with Crippen molar-refractivity contribution >= 4 is 5.82 Å². The van der Waals surface area contributed by atoms with Gasteiger partial charge < -0.3 is 15.4 Å². The molecule has 1 saturated carbocycles. The van der Waals surface area contributed by atoms with Crippen LogP contribution in [0.5, 0.6) is 5.88 Å². The van der Waals surface area contributed by atoms with Crippen LogP contribution in [0.1, 0.15) is 37.7 Å². The quantitative estimate of drug-likeness (QED) is 0.850. The molecule has 1 aromatic rings. The molecule has 19 heavy (non-hydrogen) atoms. The molecule has 1 aromatic heterocycles. The monoisotopic (exact) mass is 264 g/mol. The van der Waals surface area contributed by atoms with Crippen molar-refractivity contribution in [3.63, 3.8) is 0 Å². The summed E-state index contributed by atoms with van der Waals surface area (Å²) >= 11 is 0. The van der Waals surface area contributed by atoms with E-state index in [9.17, 15) is 0 Å². The predicted octanol–water partition coefficient (Wildman–Crippen LogP) is 1.89. The van der Waals surface area contributed by atoms with E-state index in [1.807, 2.05) is 6.92 Å². The highest BCUT2D eigenvalue weighted by Crippen LogP contribution is 2.31. The molecule has 0 radical (unpaired) electrons. The molecule has 0 spiro atoms. The third kappa shape index (κ3) is 3.15. The summed E-state index contributed by atoms with van der Waals surface area (Å²) in [6.45, 7) is 3.70.